The Morgan fingerprint density at radius 3 is 3.03 bits per heavy atom. The number of hydrogen-bond donors (Lipinski definition) is 1. The molecule has 1 amide bonds. The molecule has 1 aromatic carbocycles. The minimum atomic E-state index is -0.329. The number of carbonyl (C=O) groups is 1. The number of nitrogens with one attached hydrogen (secondary N) is 1. The Hall–Kier alpha value is -2.44. The summed E-state index contributed by atoms with van der Waals surface area (Å²) < 4.78 is 15.2. The van der Waals surface area contributed by atoms with Gasteiger partial charge in [0.25, 0.3) is 0 Å². The average Bonchev–Trinajstić information content (AvgIpc) is 3.08. The number of hydrogen-bond acceptors (Lipinski definition) is 3. The van der Waals surface area contributed by atoms with E-state index in [1.54, 1.807) is 6.07 Å². The third-order valence-corrected chi connectivity index (χ3v) is 5.70. The highest BCUT2D eigenvalue weighted by Gasteiger charge is 2.22. The number of piperidine rings is 1. The Kier molecular flexibility index (Phi) is 5.83. The van der Waals surface area contributed by atoms with Crippen LogP contribution in [-0.2, 0) is 17.8 Å². The van der Waals surface area contributed by atoms with Crippen LogP contribution < -0.4 is 5.32 Å². The van der Waals surface area contributed by atoms with Crippen molar-refractivity contribution >= 4 is 23.2 Å². The predicted octanol–water partition coefficient (Wildman–Crippen LogP) is 3.76. The van der Waals surface area contributed by atoms with Gasteiger partial charge in [-0.05, 0) is 55.6 Å². The van der Waals surface area contributed by atoms with Crippen LogP contribution in [0.3, 0.4) is 0 Å². The lowest BCUT2D eigenvalue weighted by Crippen LogP contribution is -2.47. The molecule has 0 radical (unpaired) electrons. The third kappa shape index (κ3) is 4.77. The molecule has 3 aromatic rings. The number of benzene rings is 1. The first-order chi connectivity index (χ1) is 14.0. The van der Waals surface area contributed by atoms with Crippen LogP contribution in [0.4, 0.5) is 4.39 Å². The van der Waals surface area contributed by atoms with Crippen molar-refractivity contribution in [1.29, 1.82) is 0 Å². The molecular weight excluding hydrogens is 391 g/mol. The number of halogens is 2. The van der Waals surface area contributed by atoms with E-state index in [0.717, 1.165) is 48.4 Å². The molecule has 2 aromatic heterocycles. The van der Waals surface area contributed by atoms with Crippen LogP contribution in [0, 0.1) is 12.7 Å². The number of nitrogens with zero attached hydrogens (tertiary/aromatic N) is 3. The molecule has 1 unspecified atom stereocenters. The first-order valence-electron chi connectivity index (χ1n) is 9.87. The molecular formula is C22H24ClFN4O. The van der Waals surface area contributed by atoms with Gasteiger partial charge in [0.15, 0.2) is 0 Å². The Morgan fingerprint density at radius 2 is 2.24 bits per heavy atom. The molecule has 3 heterocycles. The SMILES string of the molecule is Cc1cccn2cc(CC(=O)NC3CCCN(Cc4ccc(F)cc4Cl)C3)nc12. The van der Waals surface area contributed by atoms with E-state index in [9.17, 15) is 9.18 Å². The van der Waals surface area contributed by atoms with Crippen molar-refractivity contribution in [3.8, 4) is 0 Å². The summed E-state index contributed by atoms with van der Waals surface area (Å²) in [6.07, 6.45) is 6.06. The molecule has 1 aliphatic heterocycles. The van der Waals surface area contributed by atoms with E-state index >= 15 is 0 Å². The predicted molar refractivity (Wildman–Crippen MR) is 111 cm³/mol. The molecule has 1 fully saturated rings. The highest BCUT2D eigenvalue weighted by Crippen LogP contribution is 2.21. The molecule has 1 aliphatic rings. The lowest BCUT2D eigenvalue weighted by molar-refractivity contribution is -0.121. The van der Waals surface area contributed by atoms with Gasteiger partial charge in [-0.15, -0.1) is 0 Å². The van der Waals surface area contributed by atoms with Crippen LogP contribution in [0.1, 0.15) is 29.7 Å². The van der Waals surface area contributed by atoms with E-state index in [1.165, 1.54) is 12.1 Å². The van der Waals surface area contributed by atoms with Crippen LogP contribution in [0.25, 0.3) is 5.65 Å². The first-order valence-corrected chi connectivity index (χ1v) is 10.2. The van der Waals surface area contributed by atoms with Crippen molar-refractivity contribution in [2.75, 3.05) is 13.1 Å². The van der Waals surface area contributed by atoms with E-state index < -0.39 is 0 Å². The van der Waals surface area contributed by atoms with E-state index in [4.69, 9.17) is 11.6 Å². The molecule has 7 heteroatoms. The minimum Gasteiger partial charge on any atom is -0.352 e. The molecule has 0 bridgehead atoms. The molecule has 0 spiro atoms. The maximum atomic E-state index is 13.2. The van der Waals surface area contributed by atoms with Crippen molar-refractivity contribution in [3.05, 3.63) is 70.4 Å². The van der Waals surface area contributed by atoms with Crippen molar-refractivity contribution < 1.29 is 9.18 Å². The number of fused-ring (bicyclic) bond motifs is 1. The number of amides is 1. The number of rotatable bonds is 5. The van der Waals surface area contributed by atoms with E-state index in [0.29, 0.717) is 11.6 Å². The summed E-state index contributed by atoms with van der Waals surface area (Å²) in [5.74, 6) is -0.345. The summed E-state index contributed by atoms with van der Waals surface area (Å²) in [4.78, 5) is 19.4. The fourth-order valence-electron chi connectivity index (χ4n) is 3.94. The Bertz CT molecular complexity index is 1030. The molecule has 0 saturated carbocycles. The highest BCUT2D eigenvalue weighted by atomic mass is 35.5. The van der Waals surface area contributed by atoms with Crippen LogP contribution in [0.15, 0.2) is 42.7 Å². The van der Waals surface area contributed by atoms with Gasteiger partial charge in [-0.25, -0.2) is 9.37 Å². The lowest BCUT2D eigenvalue weighted by atomic mass is 10.0. The van der Waals surface area contributed by atoms with Gasteiger partial charge in [-0.3, -0.25) is 9.69 Å². The second-order valence-corrected chi connectivity index (χ2v) is 8.12. The van der Waals surface area contributed by atoms with Crippen molar-refractivity contribution in [2.45, 2.75) is 38.8 Å². The van der Waals surface area contributed by atoms with E-state index in [1.807, 2.05) is 35.9 Å². The molecule has 29 heavy (non-hydrogen) atoms. The summed E-state index contributed by atoms with van der Waals surface area (Å²) in [7, 11) is 0. The summed E-state index contributed by atoms with van der Waals surface area (Å²) in [6, 6.07) is 8.57. The number of imidazole rings is 1. The monoisotopic (exact) mass is 414 g/mol. The average molecular weight is 415 g/mol. The van der Waals surface area contributed by atoms with Gasteiger partial charge >= 0.3 is 0 Å². The second kappa shape index (κ2) is 8.51. The number of aromatic nitrogens is 2. The molecule has 5 nitrogen and oxygen atoms in total. The van der Waals surface area contributed by atoms with Gasteiger partial charge in [-0.2, -0.15) is 0 Å². The largest absolute Gasteiger partial charge is 0.352 e. The first kappa shape index (κ1) is 19.9. The quantitative estimate of drug-likeness (QED) is 0.691. The smallest absolute Gasteiger partial charge is 0.226 e. The van der Waals surface area contributed by atoms with E-state index in [-0.39, 0.29) is 24.2 Å². The Morgan fingerprint density at radius 1 is 1.38 bits per heavy atom. The van der Waals surface area contributed by atoms with Crippen LogP contribution in [0.2, 0.25) is 5.02 Å². The molecule has 0 aliphatic carbocycles. The summed E-state index contributed by atoms with van der Waals surface area (Å²) in [5, 5.41) is 3.59. The van der Waals surface area contributed by atoms with Crippen molar-refractivity contribution in [3.63, 3.8) is 0 Å². The number of aryl methyl sites for hydroxylation is 1. The lowest BCUT2D eigenvalue weighted by Gasteiger charge is -2.33. The van der Waals surface area contributed by atoms with Gasteiger partial charge in [0.2, 0.25) is 5.91 Å². The molecule has 1 saturated heterocycles. The summed E-state index contributed by atoms with van der Waals surface area (Å²) in [5.41, 5.74) is 3.64. The van der Waals surface area contributed by atoms with Gasteiger partial charge in [0.1, 0.15) is 11.5 Å². The molecule has 1 atom stereocenters. The Balaban J connectivity index is 1.34. The van der Waals surface area contributed by atoms with Crippen LogP contribution in [0.5, 0.6) is 0 Å². The summed E-state index contributed by atoms with van der Waals surface area (Å²) in [6.45, 7) is 4.35. The van der Waals surface area contributed by atoms with Crippen molar-refractivity contribution in [2.24, 2.45) is 0 Å². The normalized spacial score (nSPS) is 17.6. The fraction of sp³-hybridized carbons (Fsp3) is 0.364. The second-order valence-electron chi connectivity index (χ2n) is 7.71. The van der Waals surface area contributed by atoms with E-state index in [2.05, 4.69) is 15.2 Å². The molecule has 1 N–H and O–H groups in total. The zero-order chi connectivity index (χ0) is 20.4. The third-order valence-electron chi connectivity index (χ3n) is 5.35. The minimum absolute atomic E-state index is 0.0160. The van der Waals surface area contributed by atoms with Gasteiger partial charge in [-0.1, -0.05) is 23.7 Å². The zero-order valence-electron chi connectivity index (χ0n) is 16.4. The maximum absolute atomic E-state index is 13.2. The summed E-state index contributed by atoms with van der Waals surface area (Å²) >= 11 is 6.16. The van der Waals surface area contributed by atoms with Crippen LogP contribution >= 0.6 is 11.6 Å². The van der Waals surface area contributed by atoms with Crippen molar-refractivity contribution in [1.82, 2.24) is 19.6 Å². The molecule has 4 rings (SSSR count). The maximum Gasteiger partial charge on any atom is 0.226 e. The number of likely N-dealkylation sites (tertiary alicyclic amines) is 1. The number of pyridine rings is 1. The van der Waals surface area contributed by atoms with Gasteiger partial charge in [0, 0.05) is 36.5 Å². The zero-order valence-corrected chi connectivity index (χ0v) is 17.1. The highest BCUT2D eigenvalue weighted by molar-refractivity contribution is 6.31. The standard InChI is InChI=1S/C22H24ClFN4O/c1-15-4-2-9-28-14-19(26-22(15)28)11-21(29)25-18-5-3-8-27(13-18)12-16-6-7-17(24)10-20(16)23/h2,4,6-7,9-10,14,18H,3,5,8,11-13H2,1H3,(H,25,29). The molecule has 152 valence electrons. The van der Waals surface area contributed by atoms with Crippen LogP contribution in [-0.4, -0.2) is 39.3 Å². The topological polar surface area (TPSA) is 49.6 Å². The van der Waals surface area contributed by atoms with Gasteiger partial charge < -0.3 is 9.72 Å². The Labute approximate surface area is 174 Å². The van der Waals surface area contributed by atoms with Gasteiger partial charge in [0.05, 0.1) is 12.1 Å². The fourth-order valence-corrected chi connectivity index (χ4v) is 4.17. The number of carbonyl (C=O) groups excluding carboxylic acids is 1.